The molecule has 0 aliphatic rings. The van der Waals surface area contributed by atoms with Crippen LogP contribution in [0.15, 0.2) is 133 Å². The molecule has 0 atom stereocenters. The Hall–Kier alpha value is -3.90. The van der Waals surface area contributed by atoms with Crippen LogP contribution >= 0.6 is 0 Å². The van der Waals surface area contributed by atoms with Crippen LogP contribution in [0.4, 0.5) is 0 Å². The molecule has 30 heavy (non-hydrogen) atoms. The highest BCUT2D eigenvalue weighted by molar-refractivity contribution is 5.87. The SMILES string of the molecule is c1ccc(-c2ccc(-c3ccc(-c4ccccc4)cc3-c3ccccc3)cc2)cc1. The van der Waals surface area contributed by atoms with Gasteiger partial charge in [0, 0.05) is 0 Å². The van der Waals surface area contributed by atoms with Crippen LogP contribution in [0, 0.1) is 0 Å². The molecule has 0 amide bonds. The predicted molar refractivity (Wildman–Crippen MR) is 128 cm³/mol. The largest absolute Gasteiger partial charge is 0.0622 e. The van der Waals surface area contributed by atoms with Crippen molar-refractivity contribution in [2.45, 2.75) is 0 Å². The molecule has 0 saturated carbocycles. The van der Waals surface area contributed by atoms with Crippen molar-refractivity contribution in [3.63, 3.8) is 0 Å². The van der Waals surface area contributed by atoms with Gasteiger partial charge >= 0.3 is 0 Å². The molecule has 0 N–H and O–H groups in total. The maximum absolute atomic E-state index is 2.31. The third kappa shape index (κ3) is 3.68. The van der Waals surface area contributed by atoms with Crippen LogP contribution in [0.3, 0.4) is 0 Å². The molecule has 0 unspecified atom stereocenters. The molecule has 0 fully saturated rings. The second-order valence-electron chi connectivity index (χ2n) is 7.44. The Morgan fingerprint density at radius 2 is 0.600 bits per heavy atom. The normalized spacial score (nSPS) is 10.7. The molecular formula is C30H22. The van der Waals surface area contributed by atoms with Crippen molar-refractivity contribution in [3.8, 4) is 44.5 Å². The Kier molecular flexibility index (Phi) is 4.98. The van der Waals surface area contributed by atoms with Crippen molar-refractivity contribution in [3.05, 3.63) is 133 Å². The Morgan fingerprint density at radius 3 is 1.17 bits per heavy atom. The number of benzene rings is 5. The summed E-state index contributed by atoms with van der Waals surface area (Å²) in [6.45, 7) is 0. The van der Waals surface area contributed by atoms with Crippen LogP contribution in [-0.2, 0) is 0 Å². The fraction of sp³-hybridized carbons (Fsp3) is 0. The zero-order valence-corrected chi connectivity index (χ0v) is 16.7. The topological polar surface area (TPSA) is 0 Å². The third-order valence-electron chi connectivity index (χ3n) is 5.51. The second kappa shape index (κ2) is 8.23. The first-order valence-electron chi connectivity index (χ1n) is 10.3. The fourth-order valence-electron chi connectivity index (χ4n) is 3.94. The highest BCUT2D eigenvalue weighted by atomic mass is 14.1. The lowest BCUT2D eigenvalue weighted by Crippen LogP contribution is -1.88. The smallest absolute Gasteiger partial charge is 0.00992 e. The molecule has 0 spiro atoms. The Labute approximate surface area is 178 Å². The molecule has 0 bridgehead atoms. The first-order chi connectivity index (χ1) is 14.9. The molecule has 0 radical (unpaired) electrons. The van der Waals surface area contributed by atoms with Crippen LogP contribution in [0.1, 0.15) is 0 Å². The van der Waals surface area contributed by atoms with Gasteiger partial charge in [0.05, 0.1) is 0 Å². The number of rotatable bonds is 4. The van der Waals surface area contributed by atoms with E-state index in [2.05, 4.69) is 133 Å². The fourth-order valence-corrected chi connectivity index (χ4v) is 3.94. The van der Waals surface area contributed by atoms with E-state index in [-0.39, 0.29) is 0 Å². The van der Waals surface area contributed by atoms with Gasteiger partial charge in [0.25, 0.3) is 0 Å². The molecule has 0 heteroatoms. The monoisotopic (exact) mass is 382 g/mol. The van der Waals surface area contributed by atoms with Crippen LogP contribution in [0.2, 0.25) is 0 Å². The molecule has 0 nitrogen and oxygen atoms in total. The average Bonchev–Trinajstić information content (AvgIpc) is 2.85. The zero-order chi connectivity index (χ0) is 20.2. The van der Waals surface area contributed by atoms with Crippen LogP contribution in [0.5, 0.6) is 0 Å². The minimum atomic E-state index is 1.23. The lowest BCUT2D eigenvalue weighted by molar-refractivity contribution is 1.55. The first kappa shape index (κ1) is 18.1. The van der Waals surface area contributed by atoms with Gasteiger partial charge in [-0.05, 0) is 50.6 Å². The van der Waals surface area contributed by atoms with Crippen molar-refractivity contribution in [1.82, 2.24) is 0 Å². The molecule has 5 aromatic carbocycles. The van der Waals surface area contributed by atoms with Crippen molar-refractivity contribution in [2.24, 2.45) is 0 Å². The van der Waals surface area contributed by atoms with E-state index >= 15 is 0 Å². The molecule has 142 valence electrons. The van der Waals surface area contributed by atoms with Crippen molar-refractivity contribution in [1.29, 1.82) is 0 Å². The third-order valence-corrected chi connectivity index (χ3v) is 5.51. The van der Waals surface area contributed by atoms with E-state index in [0.29, 0.717) is 0 Å². The van der Waals surface area contributed by atoms with Gasteiger partial charge in [-0.2, -0.15) is 0 Å². The van der Waals surface area contributed by atoms with Crippen LogP contribution in [-0.4, -0.2) is 0 Å². The van der Waals surface area contributed by atoms with E-state index in [1.807, 2.05) is 0 Å². The van der Waals surface area contributed by atoms with Gasteiger partial charge in [0.2, 0.25) is 0 Å². The minimum absolute atomic E-state index is 1.23. The molecule has 0 heterocycles. The molecular weight excluding hydrogens is 360 g/mol. The summed E-state index contributed by atoms with van der Waals surface area (Å²) < 4.78 is 0. The van der Waals surface area contributed by atoms with E-state index < -0.39 is 0 Å². The predicted octanol–water partition coefficient (Wildman–Crippen LogP) is 8.35. The summed E-state index contributed by atoms with van der Waals surface area (Å²) in [6, 6.07) is 47.4. The Balaban J connectivity index is 1.61. The lowest BCUT2D eigenvalue weighted by atomic mass is 9.90. The summed E-state index contributed by atoms with van der Waals surface area (Å²) in [7, 11) is 0. The second-order valence-corrected chi connectivity index (χ2v) is 7.44. The van der Waals surface area contributed by atoms with Gasteiger partial charge in [0.1, 0.15) is 0 Å². The molecule has 5 aromatic rings. The van der Waals surface area contributed by atoms with Crippen molar-refractivity contribution < 1.29 is 0 Å². The van der Waals surface area contributed by atoms with Gasteiger partial charge in [-0.15, -0.1) is 0 Å². The summed E-state index contributed by atoms with van der Waals surface area (Å²) in [5, 5.41) is 0. The van der Waals surface area contributed by atoms with Gasteiger partial charge in [-0.1, -0.05) is 127 Å². The Morgan fingerprint density at radius 1 is 0.233 bits per heavy atom. The van der Waals surface area contributed by atoms with E-state index in [1.165, 1.54) is 44.5 Å². The number of hydrogen-bond donors (Lipinski definition) is 0. The molecule has 5 rings (SSSR count). The highest BCUT2D eigenvalue weighted by Gasteiger charge is 2.10. The van der Waals surface area contributed by atoms with Gasteiger partial charge in [-0.3, -0.25) is 0 Å². The summed E-state index contributed by atoms with van der Waals surface area (Å²) in [5.74, 6) is 0. The lowest BCUT2D eigenvalue weighted by Gasteiger charge is -2.14. The summed E-state index contributed by atoms with van der Waals surface area (Å²) in [5.41, 5.74) is 9.92. The van der Waals surface area contributed by atoms with E-state index in [1.54, 1.807) is 0 Å². The van der Waals surface area contributed by atoms with Crippen molar-refractivity contribution >= 4 is 0 Å². The van der Waals surface area contributed by atoms with E-state index in [0.717, 1.165) is 0 Å². The highest BCUT2D eigenvalue weighted by Crippen LogP contribution is 2.36. The van der Waals surface area contributed by atoms with Gasteiger partial charge < -0.3 is 0 Å². The standard InChI is InChI=1S/C30H22/c1-4-10-23(11-5-1)25-16-18-27(19-17-25)29-21-20-28(24-12-6-2-7-13-24)22-30(29)26-14-8-3-9-15-26/h1-22H. The van der Waals surface area contributed by atoms with E-state index in [4.69, 9.17) is 0 Å². The maximum atomic E-state index is 2.31. The van der Waals surface area contributed by atoms with Gasteiger partial charge in [0.15, 0.2) is 0 Å². The number of hydrogen-bond acceptors (Lipinski definition) is 0. The summed E-state index contributed by atoms with van der Waals surface area (Å²) >= 11 is 0. The minimum Gasteiger partial charge on any atom is -0.0622 e. The van der Waals surface area contributed by atoms with E-state index in [9.17, 15) is 0 Å². The van der Waals surface area contributed by atoms with Crippen LogP contribution in [0.25, 0.3) is 44.5 Å². The quantitative estimate of drug-likeness (QED) is 0.293. The summed E-state index contributed by atoms with van der Waals surface area (Å²) in [6.07, 6.45) is 0. The molecule has 0 aliphatic heterocycles. The molecule has 0 aromatic heterocycles. The Bertz CT molecular complexity index is 1240. The zero-order valence-electron chi connectivity index (χ0n) is 16.7. The molecule has 0 saturated heterocycles. The summed E-state index contributed by atoms with van der Waals surface area (Å²) in [4.78, 5) is 0. The van der Waals surface area contributed by atoms with Crippen molar-refractivity contribution in [2.75, 3.05) is 0 Å². The maximum Gasteiger partial charge on any atom is -0.00992 e. The first-order valence-corrected chi connectivity index (χ1v) is 10.3. The average molecular weight is 383 g/mol. The van der Waals surface area contributed by atoms with Crippen LogP contribution < -0.4 is 0 Å². The molecule has 0 aliphatic carbocycles. The van der Waals surface area contributed by atoms with Gasteiger partial charge in [-0.25, -0.2) is 0 Å².